The highest BCUT2D eigenvalue weighted by Crippen LogP contribution is 2.22. The summed E-state index contributed by atoms with van der Waals surface area (Å²) in [4.78, 5) is 7.68. The molecule has 84 valence electrons. The summed E-state index contributed by atoms with van der Waals surface area (Å²) >= 11 is 0. The molecule has 6 heteroatoms. The highest BCUT2D eigenvalue weighted by molar-refractivity contribution is 5.69. The van der Waals surface area contributed by atoms with Gasteiger partial charge in [0, 0.05) is 5.69 Å². The van der Waals surface area contributed by atoms with Gasteiger partial charge in [0.25, 0.3) is 0 Å². The first kappa shape index (κ1) is 10.7. The second-order valence-electron chi connectivity index (χ2n) is 3.29. The maximum atomic E-state index is 8.98. The Morgan fingerprint density at radius 1 is 1.12 bits per heavy atom. The molecule has 0 spiro atoms. The van der Waals surface area contributed by atoms with Crippen LogP contribution in [0.15, 0.2) is 30.3 Å². The molecule has 0 unspecified atom stereocenters. The highest BCUT2D eigenvalue weighted by Gasteiger charge is 2.10. The van der Waals surface area contributed by atoms with Crippen molar-refractivity contribution in [3.8, 4) is 6.07 Å². The summed E-state index contributed by atoms with van der Waals surface area (Å²) in [7, 11) is 0. The minimum Gasteiger partial charge on any atom is -0.382 e. The number of anilines is 4. The van der Waals surface area contributed by atoms with Gasteiger partial charge in [-0.3, -0.25) is 0 Å². The molecule has 0 saturated carbocycles. The maximum absolute atomic E-state index is 8.98. The fraction of sp³-hybridized carbons (Fsp3) is 0. The molecule has 0 fully saturated rings. The van der Waals surface area contributed by atoms with Gasteiger partial charge in [0.2, 0.25) is 5.95 Å². The van der Waals surface area contributed by atoms with Crippen LogP contribution in [-0.4, -0.2) is 9.97 Å². The molecule has 0 aliphatic carbocycles. The number of para-hydroxylation sites is 1. The van der Waals surface area contributed by atoms with Crippen molar-refractivity contribution in [3.63, 3.8) is 0 Å². The van der Waals surface area contributed by atoms with Crippen molar-refractivity contribution in [2.75, 3.05) is 16.8 Å². The smallest absolute Gasteiger partial charge is 0.224 e. The van der Waals surface area contributed by atoms with Crippen molar-refractivity contribution >= 4 is 23.3 Å². The Hall–Kier alpha value is -2.81. The molecule has 0 aliphatic heterocycles. The van der Waals surface area contributed by atoms with Crippen molar-refractivity contribution in [3.05, 3.63) is 35.9 Å². The monoisotopic (exact) mass is 226 g/mol. The maximum Gasteiger partial charge on any atom is 0.224 e. The lowest BCUT2D eigenvalue weighted by Gasteiger charge is -2.08. The van der Waals surface area contributed by atoms with Gasteiger partial charge in [0.15, 0.2) is 5.82 Å². The first-order chi connectivity index (χ1) is 8.20. The lowest BCUT2D eigenvalue weighted by Crippen LogP contribution is -2.06. The zero-order valence-electron chi connectivity index (χ0n) is 8.88. The molecule has 1 aromatic carbocycles. The van der Waals surface area contributed by atoms with Crippen LogP contribution in [0, 0.1) is 11.3 Å². The van der Waals surface area contributed by atoms with Crippen LogP contribution >= 0.6 is 0 Å². The van der Waals surface area contributed by atoms with Crippen LogP contribution in [0.1, 0.15) is 5.56 Å². The van der Waals surface area contributed by atoms with Crippen LogP contribution in [0.2, 0.25) is 0 Å². The van der Waals surface area contributed by atoms with Gasteiger partial charge in [-0.25, -0.2) is 0 Å². The van der Waals surface area contributed by atoms with Crippen LogP contribution in [0.4, 0.5) is 23.3 Å². The molecule has 17 heavy (non-hydrogen) atoms. The number of nitrogen functional groups attached to an aromatic ring is 2. The van der Waals surface area contributed by atoms with Gasteiger partial charge in [-0.05, 0) is 12.1 Å². The van der Waals surface area contributed by atoms with E-state index in [1.54, 1.807) is 0 Å². The molecule has 0 radical (unpaired) electrons. The third-order valence-electron chi connectivity index (χ3n) is 2.10. The molecule has 1 aromatic heterocycles. The number of nitriles is 1. The Morgan fingerprint density at radius 2 is 1.82 bits per heavy atom. The minimum atomic E-state index is 0.0277. The molecule has 0 amide bonds. The predicted octanol–water partition coefficient (Wildman–Crippen LogP) is 1.26. The third kappa shape index (κ3) is 2.23. The van der Waals surface area contributed by atoms with Crippen LogP contribution in [0.25, 0.3) is 0 Å². The van der Waals surface area contributed by atoms with E-state index >= 15 is 0 Å². The average molecular weight is 226 g/mol. The number of hydrogen-bond acceptors (Lipinski definition) is 6. The van der Waals surface area contributed by atoms with E-state index in [4.69, 9.17) is 16.7 Å². The highest BCUT2D eigenvalue weighted by atomic mass is 15.1. The largest absolute Gasteiger partial charge is 0.382 e. The zero-order chi connectivity index (χ0) is 12.3. The van der Waals surface area contributed by atoms with Gasteiger partial charge in [-0.15, -0.1) is 0 Å². The molecule has 1 heterocycles. The van der Waals surface area contributed by atoms with Crippen LogP contribution in [-0.2, 0) is 0 Å². The summed E-state index contributed by atoms with van der Waals surface area (Å²) < 4.78 is 0. The van der Waals surface area contributed by atoms with Gasteiger partial charge < -0.3 is 16.8 Å². The van der Waals surface area contributed by atoms with Gasteiger partial charge >= 0.3 is 0 Å². The number of nitrogens with two attached hydrogens (primary N) is 2. The van der Waals surface area contributed by atoms with Gasteiger partial charge in [-0.1, -0.05) is 18.2 Å². The number of aromatic nitrogens is 2. The normalized spacial score (nSPS) is 9.59. The molecule has 0 bridgehead atoms. The van der Waals surface area contributed by atoms with E-state index in [0.29, 0.717) is 5.82 Å². The molecule has 2 rings (SSSR count). The zero-order valence-corrected chi connectivity index (χ0v) is 8.88. The lowest BCUT2D eigenvalue weighted by atomic mass is 10.2. The topological polar surface area (TPSA) is 114 Å². The van der Waals surface area contributed by atoms with E-state index in [9.17, 15) is 0 Å². The Kier molecular flexibility index (Phi) is 2.75. The Balaban J connectivity index is 2.43. The first-order valence-corrected chi connectivity index (χ1v) is 4.86. The number of nitrogens with zero attached hydrogens (tertiary/aromatic N) is 3. The predicted molar refractivity (Wildman–Crippen MR) is 65.3 cm³/mol. The van der Waals surface area contributed by atoms with Crippen LogP contribution in [0.5, 0.6) is 0 Å². The fourth-order valence-electron chi connectivity index (χ4n) is 1.35. The molecule has 5 N–H and O–H groups in total. The van der Waals surface area contributed by atoms with Gasteiger partial charge in [0.1, 0.15) is 17.5 Å². The van der Waals surface area contributed by atoms with E-state index in [0.717, 1.165) is 5.69 Å². The SMILES string of the molecule is N#Cc1c(N)nc(N)nc1Nc1ccccc1. The summed E-state index contributed by atoms with van der Waals surface area (Å²) in [6.45, 7) is 0. The van der Waals surface area contributed by atoms with Crippen molar-refractivity contribution in [2.45, 2.75) is 0 Å². The lowest BCUT2D eigenvalue weighted by molar-refractivity contribution is 1.18. The van der Waals surface area contributed by atoms with E-state index in [1.807, 2.05) is 36.4 Å². The Morgan fingerprint density at radius 3 is 2.47 bits per heavy atom. The first-order valence-electron chi connectivity index (χ1n) is 4.86. The van der Waals surface area contributed by atoms with Crippen molar-refractivity contribution < 1.29 is 0 Å². The van der Waals surface area contributed by atoms with Crippen molar-refractivity contribution in [1.29, 1.82) is 5.26 Å². The average Bonchev–Trinajstić information content (AvgIpc) is 2.30. The Labute approximate surface area is 97.9 Å². The van der Waals surface area contributed by atoms with Crippen molar-refractivity contribution in [2.24, 2.45) is 0 Å². The number of rotatable bonds is 2. The number of benzene rings is 1. The van der Waals surface area contributed by atoms with E-state index in [2.05, 4.69) is 15.3 Å². The van der Waals surface area contributed by atoms with E-state index in [-0.39, 0.29) is 17.3 Å². The molecular formula is C11H10N6. The summed E-state index contributed by atoms with van der Waals surface area (Å²) in [6.07, 6.45) is 0. The summed E-state index contributed by atoms with van der Waals surface area (Å²) in [6, 6.07) is 11.2. The summed E-state index contributed by atoms with van der Waals surface area (Å²) in [5.74, 6) is 0.405. The molecular weight excluding hydrogens is 216 g/mol. The number of hydrogen-bond donors (Lipinski definition) is 3. The van der Waals surface area contributed by atoms with Crippen LogP contribution < -0.4 is 16.8 Å². The standard InChI is InChI=1S/C11H10N6/c12-6-8-9(13)16-11(14)17-10(8)15-7-4-2-1-3-5-7/h1-5H,(H5,13,14,15,16,17). The van der Waals surface area contributed by atoms with E-state index < -0.39 is 0 Å². The van der Waals surface area contributed by atoms with E-state index in [1.165, 1.54) is 0 Å². The van der Waals surface area contributed by atoms with Crippen LogP contribution in [0.3, 0.4) is 0 Å². The second-order valence-corrected chi connectivity index (χ2v) is 3.29. The molecule has 0 aliphatic rings. The Bertz CT molecular complexity index is 573. The molecule has 0 atom stereocenters. The van der Waals surface area contributed by atoms with Crippen molar-refractivity contribution in [1.82, 2.24) is 9.97 Å². The minimum absolute atomic E-state index is 0.0277. The molecule has 2 aromatic rings. The summed E-state index contributed by atoms with van der Waals surface area (Å²) in [5, 5.41) is 11.9. The molecule has 6 nitrogen and oxygen atoms in total. The number of nitrogens with one attached hydrogen (secondary N) is 1. The molecule has 0 saturated heterocycles. The van der Waals surface area contributed by atoms with Gasteiger partial charge in [0.05, 0.1) is 0 Å². The third-order valence-corrected chi connectivity index (χ3v) is 2.10. The summed E-state index contributed by atoms with van der Waals surface area (Å²) in [5.41, 5.74) is 12.1. The quantitative estimate of drug-likeness (QED) is 0.710. The fourth-order valence-corrected chi connectivity index (χ4v) is 1.35. The second kappa shape index (κ2) is 4.37. The van der Waals surface area contributed by atoms with Gasteiger partial charge in [-0.2, -0.15) is 15.2 Å².